The van der Waals surface area contributed by atoms with E-state index in [9.17, 15) is 13.2 Å². The lowest BCUT2D eigenvalue weighted by molar-refractivity contribution is -0.130. The molecule has 1 aromatic rings. The van der Waals surface area contributed by atoms with Crippen LogP contribution >= 0.6 is 11.8 Å². The van der Waals surface area contributed by atoms with Gasteiger partial charge in [-0.15, -0.1) is 11.8 Å². The first-order valence-electron chi connectivity index (χ1n) is 8.24. The van der Waals surface area contributed by atoms with E-state index in [-0.39, 0.29) is 5.91 Å². The molecule has 2 rings (SSSR count). The zero-order valence-electron chi connectivity index (χ0n) is 14.6. The van der Waals surface area contributed by atoms with E-state index in [0.717, 1.165) is 5.56 Å². The van der Waals surface area contributed by atoms with Crippen LogP contribution in [-0.4, -0.2) is 61.2 Å². The Morgan fingerprint density at radius 2 is 1.79 bits per heavy atom. The van der Waals surface area contributed by atoms with Gasteiger partial charge in [-0.25, -0.2) is 12.7 Å². The van der Waals surface area contributed by atoms with Crippen molar-refractivity contribution in [1.82, 2.24) is 9.21 Å². The third-order valence-electron chi connectivity index (χ3n) is 3.93. The second kappa shape index (κ2) is 8.36. The second-order valence-electron chi connectivity index (χ2n) is 6.38. The molecule has 0 radical (unpaired) electrons. The van der Waals surface area contributed by atoms with Gasteiger partial charge in [-0.1, -0.05) is 26.0 Å². The summed E-state index contributed by atoms with van der Waals surface area (Å²) in [6.07, 6.45) is 2.27. The van der Waals surface area contributed by atoms with Crippen molar-refractivity contribution in [3.63, 3.8) is 0 Å². The molecule has 1 amide bonds. The fourth-order valence-electron chi connectivity index (χ4n) is 2.72. The largest absolute Gasteiger partial charge is 0.341 e. The highest BCUT2D eigenvalue weighted by atomic mass is 32.2. The molecule has 0 saturated carbocycles. The van der Waals surface area contributed by atoms with Crippen molar-refractivity contribution >= 4 is 27.7 Å². The standard InChI is InChI=1S/C17H26N2O3S2/c1-14(2)23-16-7-5-15(6-8-16)13-17(20)18-9-4-10-19(12-11-18)24(3,21)22/h5-8,14H,4,9-13H2,1-3H3. The van der Waals surface area contributed by atoms with Crippen LogP contribution in [0, 0.1) is 0 Å². The summed E-state index contributed by atoms with van der Waals surface area (Å²) in [5.74, 6) is 0.0645. The maximum atomic E-state index is 12.5. The predicted molar refractivity (Wildman–Crippen MR) is 98.8 cm³/mol. The van der Waals surface area contributed by atoms with Gasteiger partial charge in [0.25, 0.3) is 0 Å². The van der Waals surface area contributed by atoms with Gasteiger partial charge in [0, 0.05) is 36.3 Å². The van der Waals surface area contributed by atoms with Crippen LogP contribution in [0.5, 0.6) is 0 Å². The first kappa shape index (κ1) is 19.3. The Balaban J connectivity index is 1.92. The van der Waals surface area contributed by atoms with E-state index in [4.69, 9.17) is 0 Å². The normalized spacial score (nSPS) is 17.1. The van der Waals surface area contributed by atoms with Gasteiger partial charge in [0.15, 0.2) is 0 Å². The van der Waals surface area contributed by atoms with Gasteiger partial charge in [-0.2, -0.15) is 0 Å². The predicted octanol–water partition coefficient (Wildman–Crippen LogP) is 2.22. The molecule has 0 unspecified atom stereocenters. The minimum Gasteiger partial charge on any atom is -0.341 e. The zero-order chi connectivity index (χ0) is 17.7. The molecule has 0 spiro atoms. The Kier molecular flexibility index (Phi) is 6.71. The van der Waals surface area contributed by atoms with E-state index in [2.05, 4.69) is 26.0 Å². The molecule has 1 aromatic carbocycles. The molecular weight excluding hydrogens is 344 g/mol. The molecule has 7 heteroatoms. The first-order chi connectivity index (χ1) is 11.3. The minimum atomic E-state index is -3.18. The van der Waals surface area contributed by atoms with Gasteiger partial charge in [0.1, 0.15) is 0 Å². The highest BCUT2D eigenvalue weighted by molar-refractivity contribution is 7.99. The van der Waals surface area contributed by atoms with Crippen molar-refractivity contribution in [3.05, 3.63) is 29.8 Å². The Morgan fingerprint density at radius 1 is 1.12 bits per heavy atom. The topological polar surface area (TPSA) is 57.7 Å². The van der Waals surface area contributed by atoms with Crippen molar-refractivity contribution in [3.8, 4) is 0 Å². The Hall–Kier alpha value is -1.05. The zero-order valence-corrected chi connectivity index (χ0v) is 16.2. The summed E-state index contributed by atoms with van der Waals surface area (Å²) in [6.45, 7) is 6.26. The lowest BCUT2D eigenvalue weighted by Gasteiger charge is -2.21. The molecule has 1 heterocycles. The molecule has 0 atom stereocenters. The highest BCUT2D eigenvalue weighted by Gasteiger charge is 2.23. The summed E-state index contributed by atoms with van der Waals surface area (Å²) in [7, 11) is -3.18. The Morgan fingerprint density at radius 3 is 2.38 bits per heavy atom. The summed E-state index contributed by atoms with van der Waals surface area (Å²) < 4.78 is 24.7. The molecule has 1 fully saturated rings. The summed E-state index contributed by atoms with van der Waals surface area (Å²) in [4.78, 5) is 15.5. The lowest BCUT2D eigenvalue weighted by atomic mass is 10.1. The number of carbonyl (C=O) groups is 1. The van der Waals surface area contributed by atoms with Crippen LogP contribution in [0.3, 0.4) is 0 Å². The number of rotatable bonds is 5. The summed E-state index contributed by atoms with van der Waals surface area (Å²) in [5, 5.41) is 0.535. The van der Waals surface area contributed by atoms with Crippen LogP contribution in [0.4, 0.5) is 0 Å². The molecule has 0 aromatic heterocycles. The van der Waals surface area contributed by atoms with Gasteiger partial charge >= 0.3 is 0 Å². The molecule has 1 saturated heterocycles. The van der Waals surface area contributed by atoms with Gasteiger partial charge in [0.2, 0.25) is 15.9 Å². The lowest BCUT2D eigenvalue weighted by Crippen LogP contribution is -2.37. The van der Waals surface area contributed by atoms with Crippen LogP contribution in [0.2, 0.25) is 0 Å². The van der Waals surface area contributed by atoms with Crippen LogP contribution in [0.25, 0.3) is 0 Å². The van der Waals surface area contributed by atoms with Crippen molar-refractivity contribution in [1.29, 1.82) is 0 Å². The average Bonchev–Trinajstić information content (AvgIpc) is 2.74. The van der Waals surface area contributed by atoms with E-state index >= 15 is 0 Å². The van der Waals surface area contributed by atoms with Crippen molar-refractivity contribution in [2.24, 2.45) is 0 Å². The van der Waals surface area contributed by atoms with Crippen molar-refractivity contribution in [2.75, 3.05) is 32.4 Å². The molecule has 24 heavy (non-hydrogen) atoms. The Labute approximate surface area is 149 Å². The van der Waals surface area contributed by atoms with Gasteiger partial charge in [-0.3, -0.25) is 4.79 Å². The molecule has 0 bridgehead atoms. The third-order valence-corrected chi connectivity index (χ3v) is 6.25. The molecular formula is C17H26N2O3S2. The van der Waals surface area contributed by atoms with Crippen LogP contribution < -0.4 is 0 Å². The molecule has 1 aliphatic rings. The van der Waals surface area contributed by atoms with E-state index in [1.54, 1.807) is 16.7 Å². The molecule has 5 nitrogen and oxygen atoms in total. The smallest absolute Gasteiger partial charge is 0.227 e. The summed E-state index contributed by atoms with van der Waals surface area (Å²) >= 11 is 1.80. The fourth-order valence-corrected chi connectivity index (χ4v) is 4.43. The van der Waals surface area contributed by atoms with Crippen LogP contribution in [-0.2, 0) is 21.2 Å². The number of carbonyl (C=O) groups excluding carboxylic acids is 1. The minimum absolute atomic E-state index is 0.0645. The second-order valence-corrected chi connectivity index (χ2v) is 10.0. The number of benzene rings is 1. The quantitative estimate of drug-likeness (QED) is 0.746. The van der Waals surface area contributed by atoms with E-state index < -0.39 is 10.0 Å². The van der Waals surface area contributed by atoms with E-state index in [0.29, 0.717) is 44.3 Å². The number of nitrogens with zero attached hydrogens (tertiary/aromatic N) is 2. The first-order valence-corrected chi connectivity index (χ1v) is 11.0. The Bertz CT molecular complexity index is 657. The van der Waals surface area contributed by atoms with Gasteiger partial charge in [-0.05, 0) is 24.1 Å². The maximum absolute atomic E-state index is 12.5. The van der Waals surface area contributed by atoms with E-state index in [1.165, 1.54) is 15.5 Å². The fraction of sp³-hybridized carbons (Fsp3) is 0.588. The monoisotopic (exact) mass is 370 g/mol. The molecule has 134 valence electrons. The van der Waals surface area contributed by atoms with Crippen LogP contribution in [0.15, 0.2) is 29.2 Å². The average molecular weight is 371 g/mol. The van der Waals surface area contributed by atoms with Crippen molar-refractivity contribution in [2.45, 2.75) is 36.8 Å². The number of thioether (sulfide) groups is 1. The highest BCUT2D eigenvalue weighted by Crippen LogP contribution is 2.23. The molecule has 0 aliphatic carbocycles. The number of amides is 1. The van der Waals surface area contributed by atoms with Gasteiger partial charge in [0.05, 0.1) is 12.7 Å². The van der Waals surface area contributed by atoms with Gasteiger partial charge < -0.3 is 4.90 Å². The van der Waals surface area contributed by atoms with Crippen LogP contribution in [0.1, 0.15) is 25.8 Å². The number of hydrogen-bond donors (Lipinski definition) is 0. The number of hydrogen-bond acceptors (Lipinski definition) is 4. The maximum Gasteiger partial charge on any atom is 0.227 e. The number of sulfonamides is 1. The van der Waals surface area contributed by atoms with E-state index in [1.807, 2.05) is 12.1 Å². The summed E-state index contributed by atoms with van der Waals surface area (Å²) in [5.41, 5.74) is 0.998. The molecule has 1 aliphatic heterocycles. The third kappa shape index (κ3) is 5.79. The van der Waals surface area contributed by atoms with Crippen molar-refractivity contribution < 1.29 is 13.2 Å². The summed E-state index contributed by atoms with van der Waals surface area (Å²) in [6, 6.07) is 8.12. The SMILES string of the molecule is CC(C)Sc1ccc(CC(=O)N2CCCN(S(C)(=O)=O)CC2)cc1. The molecule has 0 N–H and O–H groups in total.